The number of hydrogen-bond acceptors (Lipinski definition) is 2. The maximum atomic E-state index is 8.48. The van der Waals surface area contributed by atoms with E-state index in [2.05, 4.69) is 4.98 Å². The second-order valence-corrected chi connectivity index (χ2v) is 2.54. The maximum Gasteiger partial charge on any atom is 0.407 e. The van der Waals surface area contributed by atoms with Crippen LogP contribution >= 0.6 is 0 Å². The van der Waals surface area contributed by atoms with E-state index in [1.165, 1.54) is 0 Å². The monoisotopic (exact) mass is 247 g/mol. The number of halogens is 1. The largest absolute Gasteiger partial charge is 1.00 e. The summed E-state index contributed by atoms with van der Waals surface area (Å²) in [6.45, 7) is 3.87. The summed E-state index contributed by atoms with van der Waals surface area (Å²) < 4.78 is 0. The van der Waals surface area contributed by atoms with E-state index >= 15 is 0 Å². The third kappa shape index (κ3) is 2.95. The van der Waals surface area contributed by atoms with E-state index in [-0.39, 0.29) is 31.9 Å². The molecule has 2 N–H and O–H groups in total. The Hall–Kier alpha value is -0.647. The Bertz CT molecular complexity index is 333. The Balaban J connectivity index is 0. The van der Waals surface area contributed by atoms with Crippen molar-refractivity contribution in [3.05, 3.63) is 28.2 Å². The van der Waals surface area contributed by atoms with Gasteiger partial charge in [-0.3, -0.25) is 0 Å². The molecule has 66 valence electrons. The molecule has 1 aromatic carbocycles. The summed E-state index contributed by atoms with van der Waals surface area (Å²) in [5.74, 6) is 0. The van der Waals surface area contributed by atoms with Gasteiger partial charge in [-0.15, -0.1) is 0 Å². The van der Waals surface area contributed by atoms with E-state index in [1.807, 2.05) is 19.9 Å². The number of benzene rings is 1. The van der Waals surface area contributed by atoms with Crippen LogP contribution in [0, 0.1) is 19.2 Å². The Morgan fingerprint density at radius 3 is 2.31 bits per heavy atom. The van der Waals surface area contributed by atoms with Crippen LogP contribution in [0.3, 0.4) is 0 Å². The normalized spacial score (nSPS) is 7.77. The Labute approximate surface area is 96.5 Å². The summed E-state index contributed by atoms with van der Waals surface area (Å²) in [7, 11) is 0. The summed E-state index contributed by atoms with van der Waals surface area (Å²) in [6.07, 6.45) is 0. The molecule has 0 amide bonds. The molecule has 1 rings (SSSR count). The molecule has 0 atom stereocenters. The van der Waals surface area contributed by atoms with Gasteiger partial charge in [0.05, 0.1) is 0 Å². The fourth-order valence-corrected chi connectivity index (χ4v) is 0.910. The molecule has 13 heavy (non-hydrogen) atoms. The number of hydrogen-bond donors (Lipinski definition) is 1. The van der Waals surface area contributed by atoms with Crippen LogP contribution in [-0.2, 0) is 19.5 Å². The van der Waals surface area contributed by atoms with Gasteiger partial charge in [0, 0.05) is 25.5 Å². The molecule has 0 saturated carbocycles. The van der Waals surface area contributed by atoms with Crippen molar-refractivity contribution in [3.63, 3.8) is 0 Å². The molecule has 0 aromatic heterocycles. The van der Waals surface area contributed by atoms with E-state index < -0.39 is 0 Å². The summed E-state index contributed by atoms with van der Waals surface area (Å²) in [5, 5.41) is 8.48. The van der Waals surface area contributed by atoms with Crippen molar-refractivity contribution < 1.29 is 31.9 Å². The number of nitrogens with two attached hydrogens (primary N) is 1. The van der Waals surface area contributed by atoms with E-state index in [0.29, 0.717) is 11.4 Å². The summed E-state index contributed by atoms with van der Waals surface area (Å²) in [5.41, 5.74) is 8.71. The van der Waals surface area contributed by atoms with E-state index in [0.717, 1.165) is 11.1 Å². The molecule has 0 fully saturated rings. The van der Waals surface area contributed by atoms with Crippen molar-refractivity contribution in [1.29, 1.82) is 5.39 Å². The fourth-order valence-electron chi connectivity index (χ4n) is 0.910. The van der Waals surface area contributed by atoms with Gasteiger partial charge >= 0.3 is 5.69 Å². The zero-order chi connectivity index (χ0) is 8.43. The molecule has 0 saturated heterocycles. The minimum Gasteiger partial charge on any atom is -1.00 e. The first kappa shape index (κ1) is 14.9. The molecular weight excluding hydrogens is 239 g/mol. The average Bonchev–Trinajstić information content (AvgIpc) is 2.01. The Kier molecular flexibility index (Phi) is 6.75. The predicted octanol–water partition coefficient (Wildman–Crippen LogP) is -0.628. The molecule has 0 bridgehead atoms. The molecule has 3 nitrogen and oxygen atoms in total. The van der Waals surface area contributed by atoms with Crippen molar-refractivity contribution in [2.24, 2.45) is 0 Å². The van der Waals surface area contributed by atoms with Crippen molar-refractivity contribution in [2.75, 3.05) is 5.73 Å². The van der Waals surface area contributed by atoms with Gasteiger partial charge in [0.2, 0.25) is 5.39 Å². The second kappa shape index (κ2) is 5.91. The van der Waals surface area contributed by atoms with Crippen molar-refractivity contribution in [3.8, 4) is 0 Å². The number of nitrogen functional groups attached to an aromatic ring is 1. The maximum absolute atomic E-state index is 8.48. The predicted molar refractivity (Wildman–Crippen MR) is 45.1 cm³/mol. The van der Waals surface area contributed by atoms with Gasteiger partial charge in [0.25, 0.3) is 0 Å². The number of anilines is 1. The molecule has 0 unspecified atom stereocenters. The van der Waals surface area contributed by atoms with Crippen LogP contribution in [0.25, 0.3) is 4.98 Å². The number of aryl methyl sites for hydroxylation is 1. The van der Waals surface area contributed by atoms with Crippen LogP contribution < -0.4 is 18.1 Å². The first-order valence-corrected chi connectivity index (χ1v) is 3.37. The van der Waals surface area contributed by atoms with E-state index in [9.17, 15) is 0 Å². The van der Waals surface area contributed by atoms with Crippen LogP contribution in [0.15, 0.2) is 12.1 Å². The molecule has 0 aliphatic rings. The van der Waals surface area contributed by atoms with E-state index in [1.54, 1.807) is 6.07 Å². The Morgan fingerprint density at radius 2 is 1.85 bits per heavy atom. The molecular formula is C8H10ClN3Zn. The quantitative estimate of drug-likeness (QED) is 0.378. The second-order valence-electron chi connectivity index (χ2n) is 2.54. The fraction of sp³-hybridized carbons (Fsp3) is 0.250. The molecule has 0 aliphatic heterocycles. The van der Waals surface area contributed by atoms with Gasteiger partial charge in [-0.2, -0.15) is 0 Å². The third-order valence-electron chi connectivity index (χ3n) is 1.87. The van der Waals surface area contributed by atoms with Crippen LogP contribution in [0.2, 0.25) is 0 Å². The Morgan fingerprint density at radius 1 is 1.31 bits per heavy atom. The molecule has 0 aliphatic carbocycles. The van der Waals surface area contributed by atoms with Gasteiger partial charge < -0.3 is 18.1 Å². The first-order chi connectivity index (χ1) is 5.16. The van der Waals surface area contributed by atoms with Gasteiger partial charge in [0.1, 0.15) is 5.69 Å². The van der Waals surface area contributed by atoms with Gasteiger partial charge in [-0.25, -0.2) is 0 Å². The molecule has 0 spiro atoms. The van der Waals surface area contributed by atoms with E-state index in [4.69, 9.17) is 11.1 Å². The number of rotatable bonds is 0. The van der Waals surface area contributed by atoms with Gasteiger partial charge in [-0.05, 0) is 25.0 Å². The summed E-state index contributed by atoms with van der Waals surface area (Å²) in [6, 6.07) is 3.57. The zero-order valence-corrected chi connectivity index (χ0v) is 11.4. The average molecular weight is 249 g/mol. The smallest absolute Gasteiger partial charge is 0.407 e. The minimum atomic E-state index is 0. The van der Waals surface area contributed by atoms with Crippen molar-refractivity contribution >= 4 is 11.4 Å². The standard InChI is InChI=1S/C8H10N3.ClH.Zn/c1-5-3-4-7(11-10)8(9)6(5)2;;/h3-4H,9H2,1-2H3;1H;/q+1;;/p-1. The molecule has 5 heteroatoms. The number of diazo groups is 1. The topological polar surface area (TPSA) is 54.2 Å². The molecule has 0 radical (unpaired) electrons. The minimum absolute atomic E-state index is 0. The summed E-state index contributed by atoms with van der Waals surface area (Å²) in [4.78, 5) is 3.05. The summed E-state index contributed by atoms with van der Waals surface area (Å²) >= 11 is 0. The van der Waals surface area contributed by atoms with Gasteiger partial charge in [-0.1, -0.05) is 6.07 Å². The number of nitrogens with zero attached hydrogens (tertiary/aromatic N) is 2. The molecule has 1 aromatic rings. The van der Waals surface area contributed by atoms with Crippen LogP contribution in [-0.4, -0.2) is 0 Å². The first-order valence-electron chi connectivity index (χ1n) is 3.37. The third-order valence-corrected chi connectivity index (χ3v) is 1.87. The van der Waals surface area contributed by atoms with Crippen LogP contribution in [0.1, 0.15) is 11.1 Å². The molecule has 0 heterocycles. The zero-order valence-electron chi connectivity index (χ0n) is 7.71. The van der Waals surface area contributed by atoms with Crippen molar-refractivity contribution in [2.45, 2.75) is 13.8 Å². The SMILES string of the molecule is Cc1ccc([N+]#N)c(N)c1C.[Cl-].[Zn]. The van der Waals surface area contributed by atoms with Crippen LogP contribution in [0.4, 0.5) is 11.4 Å². The van der Waals surface area contributed by atoms with Crippen molar-refractivity contribution in [1.82, 2.24) is 0 Å². The van der Waals surface area contributed by atoms with Gasteiger partial charge in [0.15, 0.2) is 4.98 Å². The van der Waals surface area contributed by atoms with Crippen LogP contribution in [0.5, 0.6) is 0 Å².